The predicted molar refractivity (Wildman–Crippen MR) is 254 cm³/mol. The quantitative estimate of drug-likeness (QED) is 0.0277. The highest BCUT2D eigenvalue weighted by Crippen LogP contribution is 2.14. The molecule has 0 aromatic rings. The lowest BCUT2D eigenvalue weighted by molar-refractivity contribution is -0.144. The van der Waals surface area contributed by atoms with E-state index in [1.165, 1.54) is 0 Å². The lowest BCUT2D eigenvalue weighted by Crippen LogP contribution is -2.61. The van der Waals surface area contributed by atoms with Crippen LogP contribution in [-0.2, 0) is 47.9 Å². The van der Waals surface area contributed by atoms with Crippen molar-refractivity contribution >= 4 is 59.1 Å². The molecular weight excluding hydrogens is 887 g/mol. The van der Waals surface area contributed by atoms with Crippen molar-refractivity contribution < 1.29 is 53.1 Å². The standard InChI is InChI=1S/C44H83N13O11/c1-7-26(6)36(43(66)55-32(44(67)68)23-34(50)59)57-42(65)35(25(4)5)56-41(64)31(22-24(2)3)54-40(63)30(16-10-13-21-47)53-39(62)29(15-9-12-20-46)52-38(61)28(14-8-11-19-45)51-37(60)27(48)17-18-33(49)58/h24-32,35-36H,7-23,45-48H2,1-6H3,(H2,49,58)(H2,50,59)(H,51,60)(H,52,61)(H,53,62)(H,54,63)(H,55,66)(H,56,64)(H,57,65)(H,67,68)/t26-,27-,28-,29-,30-,31-,32-,35-,36-/m0/s1. The molecule has 24 heteroatoms. The van der Waals surface area contributed by atoms with Gasteiger partial charge in [0.15, 0.2) is 0 Å². The zero-order chi connectivity index (χ0) is 52.1. The number of amides is 9. The Morgan fingerprint density at radius 2 is 0.853 bits per heavy atom. The fraction of sp³-hybridized carbons (Fsp3) is 0.773. The summed E-state index contributed by atoms with van der Waals surface area (Å²) in [5.41, 5.74) is 33.5. The summed E-state index contributed by atoms with van der Waals surface area (Å²) in [7, 11) is 0. The summed E-state index contributed by atoms with van der Waals surface area (Å²) < 4.78 is 0. The van der Waals surface area contributed by atoms with Crippen LogP contribution in [0.3, 0.4) is 0 Å². The van der Waals surface area contributed by atoms with E-state index in [2.05, 4.69) is 37.2 Å². The van der Waals surface area contributed by atoms with Gasteiger partial charge in [-0.2, -0.15) is 0 Å². The lowest BCUT2D eigenvalue weighted by Gasteiger charge is -2.30. The molecule has 0 saturated heterocycles. The van der Waals surface area contributed by atoms with Crippen LogP contribution in [0, 0.1) is 17.8 Å². The van der Waals surface area contributed by atoms with Gasteiger partial charge in [0.05, 0.1) is 12.5 Å². The molecule has 24 nitrogen and oxygen atoms in total. The molecule has 0 heterocycles. The molecule has 390 valence electrons. The third-order valence-electron chi connectivity index (χ3n) is 11.2. The van der Waals surface area contributed by atoms with Crippen molar-refractivity contribution in [3.05, 3.63) is 0 Å². The molecule has 0 aromatic carbocycles. The van der Waals surface area contributed by atoms with E-state index < -0.39 is 126 Å². The molecule has 0 aliphatic heterocycles. The first-order valence-electron chi connectivity index (χ1n) is 23.7. The van der Waals surface area contributed by atoms with Gasteiger partial charge in [-0.3, -0.25) is 43.2 Å². The van der Waals surface area contributed by atoms with Crippen LogP contribution in [0.25, 0.3) is 0 Å². The van der Waals surface area contributed by atoms with Gasteiger partial charge in [0, 0.05) is 6.42 Å². The summed E-state index contributed by atoms with van der Waals surface area (Å²) in [5, 5.41) is 27.9. The van der Waals surface area contributed by atoms with Gasteiger partial charge >= 0.3 is 5.97 Å². The number of carboxylic acids is 1. The van der Waals surface area contributed by atoms with E-state index in [4.69, 9.17) is 34.4 Å². The van der Waals surface area contributed by atoms with E-state index in [0.29, 0.717) is 58.0 Å². The predicted octanol–water partition coefficient (Wildman–Crippen LogP) is -2.93. The Morgan fingerprint density at radius 3 is 1.22 bits per heavy atom. The average molecular weight is 970 g/mol. The number of aliphatic carboxylic acids is 1. The summed E-state index contributed by atoms with van der Waals surface area (Å²) in [6.45, 7) is 11.2. The lowest BCUT2D eigenvalue weighted by atomic mass is 9.95. The maximum Gasteiger partial charge on any atom is 0.326 e. The number of unbranched alkanes of at least 4 members (excludes halogenated alkanes) is 3. The van der Waals surface area contributed by atoms with Crippen LogP contribution in [0.5, 0.6) is 0 Å². The van der Waals surface area contributed by atoms with Crippen LogP contribution >= 0.6 is 0 Å². The fourth-order valence-corrected chi connectivity index (χ4v) is 6.91. The number of nitrogens with one attached hydrogen (secondary N) is 7. The van der Waals surface area contributed by atoms with Gasteiger partial charge in [-0.05, 0) is 108 Å². The van der Waals surface area contributed by atoms with Crippen LogP contribution in [-0.4, -0.2) is 132 Å². The molecule has 0 aliphatic carbocycles. The number of carbonyl (C=O) groups excluding carboxylic acids is 9. The largest absolute Gasteiger partial charge is 0.480 e. The molecule has 0 radical (unpaired) electrons. The monoisotopic (exact) mass is 970 g/mol. The first-order valence-corrected chi connectivity index (χ1v) is 23.7. The Bertz CT molecular complexity index is 1650. The van der Waals surface area contributed by atoms with Gasteiger partial charge < -0.3 is 76.7 Å². The maximum absolute atomic E-state index is 14.2. The molecule has 0 unspecified atom stereocenters. The Kier molecular flexibility index (Phi) is 31.2. The highest BCUT2D eigenvalue weighted by atomic mass is 16.4. The second kappa shape index (κ2) is 33.9. The molecular formula is C44H83N13O11. The SMILES string of the molecule is CC[C@H](C)[C@H](NC(=O)[C@@H](NC(=O)[C@H](CC(C)C)NC(=O)[C@H](CCCCN)NC(=O)[C@H](CCCCN)NC(=O)[C@H](CCCCN)NC(=O)[C@@H](N)CCC(N)=O)C(C)C)C(=O)N[C@@H](CC(N)=O)C(=O)O. The molecule has 20 N–H and O–H groups in total. The van der Waals surface area contributed by atoms with Crippen LogP contribution in [0.15, 0.2) is 0 Å². The van der Waals surface area contributed by atoms with Gasteiger partial charge in [0.25, 0.3) is 0 Å². The van der Waals surface area contributed by atoms with Crippen molar-refractivity contribution in [2.24, 2.45) is 52.2 Å². The molecule has 9 atom stereocenters. The molecule has 68 heavy (non-hydrogen) atoms. The summed E-state index contributed by atoms with van der Waals surface area (Å²) >= 11 is 0. The minimum atomic E-state index is -1.65. The van der Waals surface area contributed by atoms with E-state index in [-0.39, 0.29) is 51.0 Å². The second-order valence-electron chi connectivity index (χ2n) is 18.0. The Morgan fingerprint density at radius 1 is 0.471 bits per heavy atom. The third-order valence-corrected chi connectivity index (χ3v) is 11.2. The summed E-state index contributed by atoms with van der Waals surface area (Å²) in [5.74, 6) is -9.61. The number of primary amides is 2. The molecule has 9 amide bonds. The molecule has 0 bridgehead atoms. The number of carbonyl (C=O) groups is 10. The van der Waals surface area contributed by atoms with Crippen molar-refractivity contribution in [2.75, 3.05) is 19.6 Å². The summed E-state index contributed by atoms with van der Waals surface area (Å²) in [4.78, 5) is 131. The molecule has 0 rings (SSSR count). The van der Waals surface area contributed by atoms with Crippen molar-refractivity contribution in [3.63, 3.8) is 0 Å². The normalized spacial score (nSPS) is 15.2. The van der Waals surface area contributed by atoms with Gasteiger partial charge in [0.2, 0.25) is 53.2 Å². The van der Waals surface area contributed by atoms with Crippen LogP contribution < -0.4 is 71.6 Å². The van der Waals surface area contributed by atoms with Gasteiger partial charge in [-0.25, -0.2) is 4.79 Å². The minimum absolute atomic E-state index is 0.0536. The fourth-order valence-electron chi connectivity index (χ4n) is 6.91. The van der Waals surface area contributed by atoms with Crippen molar-refractivity contribution in [1.29, 1.82) is 0 Å². The number of nitrogens with two attached hydrogens (primary N) is 6. The second-order valence-corrected chi connectivity index (χ2v) is 18.0. The van der Waals surface area contributed by atoms with Crippen molar-refractivity contribution in [2.45, 2.75) is 180 Å². The zero-order valence-electron chi connectivity index (χ0n) is 40.9. The highest BCUT2D eigenvalue weighted by Gasteiger charge is 2.36. The topological polar surface area (TPSA) is 431 Å². The highest BCUT2D eigenvalue weighted by molar-refractivity contribution is 5.98. The number of hydrogen-bond donors (Lipinski definition) is 14. The molecule has 0 aromatic heterocycles. The smallest absolute Gasteiger partial charge is 0.326 e. The molecule has 0 saturated carbocycles. The van der Waals surface area contributed by atoms with E-state index >= 15 is 0 Å². The third kappa shape index (κ3) is 25.1. The van der Waals surface area contributed by atoms with Gasteiger partial charge in [-0.1, -0.05) is 48.0 Å². The minimum Gasteiger partial charge on any atom is -0.480 e. The van der Waals surface area contributed by atoms with E-state index in [1.54, 1.807) is 27.7 Å². The molecule has 0 aliphatic rings. The van der Waals surface area contributed by atoms with E-state index in [1.807, 2.05) is 13.8 Å². The van der Waals surface area contributed by atoms with E-state index in [9.17, 15) is 53.1 Å². The molecule has 0 fully saturated rings. The number of hydrogen-bond acceptors (Lipinski definition) is 14. The maximum atomic E-state index is 14.2. The zero-order valence-corrected chi connectivity index (χ0v) is 40.9. The van der Waals surface area contributed by atoms with Gasteiger partial charge in [-0.15, -0.1) is 0 Å². The first-order chi connectivity index (χ1) is 31.9. The summed E-state index contributed by atoms with van der Waals surface area (Å²) in [6.07, 6.45) is 2.69. The Hall–Kier alpha value is -5.46. The van der Waals surface area contributed by atoms with E-state index in [0.717, 1.165) is 0 Å². The van der Waals surface area contributed by atoms with Crippen LogP contribution in [0.4, 0.5) is 0 Å². The number of carboxylic acid groups (broad SMARTS) is 1. The summed E-state index contributed by atoms with van der Waals surface area (Å²) in [6, 6.07) is -10.1. The average Bonchev–Trinajstić information content (AvgIpc) is 3.26. The van der Waals surface area contributed by atoms with Crippen LogP contribution in [0.2, 0.25) is 0 Å². The Labute approximate surface area is 400 Å². The van der Waals surface area contributed by atoms with Gasteiger partial charge in [0.1, 0.15) is 42.3 Å². The first kappa shape index (κ1) is 62.5. The van der Waals surface area contributed by atoms with Crippen molar-refractivity contribution in [1.82, 2.24) is 37.2 Å². The van der Waals surface area contributed by atoms with Crippen molar-refractivity contribution in [3.8, 4) is 0 Å². The Balaban J connectivity index is 6.60. The molecule has 0 spiro atoms. The van der Waals surface area contributed by atoms with Crippen LogP contribution in [0.1, 0.15) is 131 Å². The number of rotatable bonds is 37.